The Morgan fingerprint density at radius 3 is 2.47 bits per heavy atom. The van der Waals surface area contributed by atoms with Crippen molar-refractivity contribution in [3.05, 3.63) is 65.5 Å². The van der Waals surface area contributed by atoms with Gasteiger partial charge in [0.1, 0.15) is 11.3 Å². The van der Waals surface area contributed by atoms with Gasteiger partial charge in [0, 0.05) is 31.4 Å². The maximum absolute atomic E-state index is 5.77. The first-order chi connectivity index (χ1) is 14.7. The highest BCUT2D eigenvalue weighted by Gasteiger charge is 2.18. The summed E-state index contributed by atoms with van der Waals surface area (Å²) in [5, 5.41) is 1.13. The van der Waals surface area contributed by atoms with Crippen LogP contribution in [0, 0.1) is 0 Å². The fraction of sp³-hybridized carbons (Fsp3) is 0.333. The molecule has 0 aliphatic rings. The number of aryl methyl sites for hydroxylation is 1. The molecule has 30 heavy (non-hydrogen) atoms. The lowest BCUT2D eigenvalue weighted by molar-refractivity contribution is 0.690. The van der Waals surface area contributed by atoms with Crippen molar-refractivity contribution in [1.82, 2.24) is 20.0 Å². The average molecular weight is 403 g/mol. The number of hydrazine groups is 1. The quantitative estimate of drug-likeness (QED) is 0.362. The second-order valence-corrected chi connectivity index (χ2v) is 7.57. The summed E-state index contributed by atoms with van der Waals surface area (Å²) in [4.78, 5) is 9.90. The van der Waals surface area contributed by atoms with E-state index in [1.807, 2.05) is 6.07 Å². The number of benzene rings is 2. The number of nitrogens with zero attached hydrogens (tertiary/aromatic N) is 3. The number of fused-ring (bicyclic) bond motifs is 3. The SMILES string of the molecule is CCCCc1nc2c(NNCC)nc3ccccc3c2n1Cc1ccc(CN)cc1. The number of aromatic nitrogens is 3. The van der Waals surface area contributed by atoms with Crippen molar-refractivity contribution in [3.63, 3.8) is 0 Å². The lowest BCUT2D eigenvalue weighted by atomic mass is 10.1. The standard InChI is InChI=1S/C24H30N6/c1-3-5-10-21-28-22-23(30(21)16-18-13-11-17(15-25)12-14-18)19-8-6-7-9-20(19)27-24(22)29-26-4-2/h6-9,11-14,26H,3-5,10,15-16,25H2,1-2H3,(H,27,29). The molecule has 0 fully saturated rings. The molecular weight excluding hydrogens is 372 g/mol. The van der Waals surface area contributed by atoms with Gasteiger partial charge in [-0.25, -0.2) is 15.4 Å². The lowest BCUT2D eigenvalue weighted by Gasteiger charge is -2.12. The summed E-state index contributed by atoms with van der Waals surface area (Å²) in [6.45, 7) is 6.41. The third kappa shape index (κ3) is 4.01. The van der Waals surface area contributed by atoms with Gasteiger partial charge in [0.2, 0.25) is 0 Å². The van der Waals surface area contributed by atoms with Gasteiger partial charge in [0.15, 0.2) is 5.82 Å². The zero-order valence-electron chi connectivity index (χ0n) is 17.8. The van der Waals surface area contributed by atoms with Gasteiger partial charge in [-0.05, 0) is 23.6 Å². The monoisotopic (exact) mass is 402 g/mol. The van der Waals surface area contributed by atoms with Crippen LogP contribution in [0.1, 0.15) is 43.6 Å². The number of hydrogen-bond donors (Lipinski definition) is 3. The highest BCUT2D eigenvalue weighted by molar-refractivity contribution is 6.07. The van der Waals surface area contributed by atoms with Crippen molar-refractivity contribution in [3.8, 4) is 0 Å². The molecule has 0 spiro atoms. The topological polar surface area (TPSA) is 80.8 Å². The number of nitrogens with two attached hydrogens (primary N) is 1. The Morgan fingerprint density at radius 2 is 1.73 bits per heavy atom. The van der Waals surface area contributed by atoms with Crippen LogP contribution in [0.25, 0.3) is 21.9 Å². The Labute approximate surface area is 177 Å². The smallest absolute Gasteiger partial charge is 0.169 e. The number of pyridine rings is 1. The molecule has 0 amide bonds. The zero-order valence-corrected chi connectivity index (χ0v) is 17.8. The summed E-state index contributed by atoms with van der Waals surface area (Å²) in [5.74, 6) is 1.88. The molecule has 4 aromatic rings. The molecule has 0 bridgehead atoms. The van der Waals surface area contributed by atoms with E-state index in [0.717, 1.165) is 71.5 Å². The Hall–Kier alpha value is -2.96. The molecule has 4 N–H and O–H groups in total. The lowest BCUT2D eigenvalue weighted by Crippen LogP contribution is -2.21. The predicted octanol–water partition coefficient (Wildman–Crippen LogP) is 4.37. The second-order valence-electron chi connectivity index (χ2n) is 7.57. The number of nitrogens with one attached hydrogen (secondary N) is 2. The number of anilines is 1. The van der Waals surface area contributed by atoms with Crippen molar-refractivity contribution in [1.29, 1.82) is 0 Å². The Balaban J connectivity index is 1.91. The van der Waals surface area contributed by atoms with Gasteiger partial charge in [-0.3, -0.25) is 0 Å². The van der Waals surface area contributed by atoms with Gasteiger partial charge in [-0.1, -0.05) is 62.7 Å². The van der Waals surface area contributed by atoms with Crippen molar-refractivity contribution >= 4 is 27.8 Å². The van der Waals surface area contributed by atoms with Crippen LogP contribution in [-0.4, -0.2) is 21.1 Å². The summed E-state index contributed by atoms with van der Waals surface area (Å²) >= 11 is 0. The van der Waals surface area contributed by atoms with Crippen molar-refractivity contribution in [2.75, 3.05) is 12.0 Å². The van der Waals surface area contributed by atoms with Crippen molar-refractivity contribution < 1.29 is 0 Å². The summed E-state index contributed by atoms with van der Waals surface area (Å²) in [6.07, 6.45) is 3.19. The van der Waals surface area contributed by atoms with Gasteiger partial charge >= 0.3 is 0 Å². The van der Waals surface area contributed by atoms with E-state index in [1.165, 1.54) is 5.56 Å². The first kappa shape index (κ1) is 20.3. The minimum atomic E-state index is 0.561. The van der Waals surface area contributed by atoms with Crippen LogP contribution in [0.3, 0.4) is 0 Å². The largest absolute Gasteiger partial charge is 0.326 e. The first-order valence-corrected chi connectivity index (χ1v) is 10.8. The number of imidazole rings is 1. The van der Waals surface area contributed by atoms with E-state index in [4.69, 9.17) is 15.7 Å². The molecule has 0 aliphatic heterocycles. The van der Waals surface area contributed by atoms with Gasteiger partial charge in [-0.2, -0.15) is 0 Å². The molecule has 6 heteroatoms. The van der Waals surface area contributed by atoms with Crippen LogP contribution in [0.4, 0.5) is 5.82 Å². The summed E-state index contributed by atoms with van der Waals surface area (Å²) < 4.78 is 2.36. The van der Waals surface area contributed by atoms with E-state index in [0.29, 0.717) is 6.54 Å². The number of rotatable bonds is 9. The number of hydrogen-bond acceptors (Lipinski definition) is 5. The third-order valence-corrected chi connectivity index (χ3v) is 5.40. The normalized spacial score (nSPS) is 11.4. The number of unbranched alkanes of at least 4 members (excludes halogenated alkanes) is 1. The van der Waals surface area contributed by atoms with Gasteiger partial charge in [0.05, 0.1) is 11.0 Å². The molecule has 0 radical (unpaired) electrons. The fourth-order valence-corrected chi connectivity index (χ4v) is 3.80. The number of para-hydroxylation sites is 1. The molecule has 156 valence electrons. The molecule has 4 rings (SSSR count). The van der Waals surface area contributed by atoms with E-state index in [-0.39, 0.29) is 0 Å². The molecule has 2 heterocycles. The molecule has 0 atom stereocenters. The van der Waals surface area contributed by atoms with E-state index in [2.05, 4.69) is 71.7 Å². The predicted molar refractivity (Wildman–Crippen MR) is 124 cm³/mol. The van der Waals surface area contributed by atoms with Crippen LogP contribution in [0.15, 0.2) is 48.5 Å². The van der Waals surface area contributed by atoms with Gasteiger partial charge in [0.25, 0.3) is 0 Å². The van der Waals surface area contributed by atoms with Crippen LogP contribution < -0.4 is 16.6 Å². The fourth-order valence-electron chi connectivity index (χ4n) is 3.80. The minimum Gasteiger partial charge on any atom is -0.326 e. The summed E-state index contributed by atoms with van der Waals surface area (Å²) in [5.41, 5.74) is 17.6. The Bertz CT molecular complexity index is 1130. The molecule has 0 unspecified atom stereocenters. The van der Waals surface area contributed by atoms with Crippen LogP contribution in [0.5, 0.6) is 0 Å². The highest BCUT2D eigenvalue weighted by Crippen LogP contribution is 2.31. The van der Waals surface area contributed by atoms with Gasteiger partial charge < -0.3 is 15.7 Å². The van der Waals surface area contributed by atoms with Crippen molar-refractivity contribution in [2.45, 2.75) is 46.2 Å². The average Bonchev–Trinajstić information content (AvgIpc) is 3.15. The Kier molecular flexibility index (Phi) is 6.26. The summed E-state index contributed by atoms with van der Waals surface area (Å²) in [7, 11) is 0. The Morgan fingerprint density at radius 1 is 0.967 bits per heavy atom. The molecule has 2 aromatic heterocycles. The molecule has 0 saturated heterocycles. The second kappa shape index (κ2) is 9.24. The van der Waals surface area contributed by atoms with E-state index in [1.54, 1.807) is 0 Å². The van der Waals surface area contributed by atoms with Crippen LogP contribution in [0.2, 0.25) is 0 Å². The maximum Gasteiger partial charge on any atom is 0.169 e. The molecule has 2 aromatic carbocycles. The van der Waals surface area contributed by atoms with E-state index < -0.39 is 0 Å². The zero-order chi connectivity index (χ0) is 20.9. The van der Waals surface area contributed by atoms with Crippen LogP contribution >= 0.6 is 0 Å². The van der Waals surface area contributed by atoms with Crippen LogP contribution in [-0.2, 0) is 19.5 Å². The third-order valence-electron chi connectivity index (χ3n) is 5.40. The van der Waals surface area contributed by atoms with Crippen molar-refractivity contribution in [2.24, 2.45) is 5.73 Å². The first-order valence-electron chi connectivity index (χ1n) is 10.8. The van der Waals surface area contributed by atoms with E-state index >= 15 is 0 Å². The van der Waals surface area contributed by atoms with Gasteiger partial charge in [-0.15, -0.1) is 0 Å². The molecule has 0 aliphatic carbocycles. The van der Waals surface area contributed by atoms with E-state index in [9.17, 15) is 0 Å². The highest BCUT2D eigenvalue weighted by atomic mass is 15.4. The molecular formula is C24H30N6. The maximum atomic E-state index is 5.77. The molecule has 6 nitrogen and oxygen atoms in total. The summed E-state index contributed by atoms with van der Waals surface area (Å²) in [6, 6.07) is 16.8. The molecule has 0 saturated carbocycles. The minimum absolute atomic E-state index is 0.561.